The molecule has 0 atom stereocenters. The SMILES string of the molecule is CCN(C)c1ncnc2c1CCN(C(=O)N(C)C)CC2.O=C(O)C(F)(F)F. The van der Waals surface area contributed by atoms with Crippen LogP contribution in [0.3, 0.4) is 0 Å². The number of carbonyl (C=O) groups excluding carboxylic acids is 1. The highest BCUT2D eigenvalue weighted by Crippen LogP contribution is 2.23. The molecule has 1 aliphatic heterocycles. The van der Waals surface area contributed by atoms with Crippen molar-refractivity contribution in [2.75, 3.05) is 45.7 Å². The van der Waals surface area contributed by atoms with E-state index < -0.39 is 12.1 Å². The maximum absolute atomic E-state index is 12.1. The van der Waals surface area contributed by atoms with Crippen LogP contribution < -0.4 is 4.90 Å². The van der Waals surface area contributed by atoms with Gasteiger partial charge in [-0.3, -0.25) is 0 Å². The molecule has 0 fully saturated rings. The molecule has 1 aliphatic rings. The van der Waals surface area contributed by atoms with Crippen LogP contribution in [0, 0.1) is 0 Å². The van der Waals surface area contributed by atoms with Crippen LogP contribution in [0.4, 0.5) is 23.8 Å². The number of halogens is 3. The quantitative estimate of drug-likeness (QED) is 0.825. The van der Waals surface area contributed by atoms with Crippen molar-refractivity contribution < 1.29 is 27.9 Å². The van der Waals surface area contributed by atoms with Crippen molar-refractivity contribution in [2.45, 2.75) is 25.9 Å². The van der Waals surface area contributed by atoms with E-state index in [0.29, 0.717) is 0 Å². The van der Waals surface area contributed by atoms with Gasteiger partial charge in [-0.05, 0) is 13.3 Å². The number of carboxylic acids is 1. The summed E-state index contributed by atoms with van der Waals surface area (Å²) in [5.41, 5.74) is 2.26. The minimum absolute atomic E-state index is 0.0659. The first-order valence-corrected chi connectivity index (χ1v) is 8.29. The van der Waals surface area contributed by atoms with E-state index in [1.165, 1.54) is 5.56 Å². The Morgan fingerprint density at radius 1 is 1.19 bits per heavy atom. The molecule has 1 N–H and O–H groups in total. The number of rotatable bonds is 2. The van der Waals surface area contributed by atoms with Gasteiger partial charge in [-0.2, -0.15) is 13.2 Å². The largest absolute Gasteiger partial charge is 0.490 e. The fourth-order valence-electron chi connectivity index (χ4n) is 2.46. The summed E-state index contributed by atoms with van der Waals surface area (Å²) in [6.45, 7) is 4.45. The van der Waals surface area contributed by atoms with Gasteiger partial charge in [-0.1, -0.05) is 0 Å². The van der Waals surface area contributed by atoms with Crippen LogP contribution in [-0.2, 0) is 17.6 Å². The number of amides is 2. The first-order valence-electron chi connectivity index (χ1n) is 8.29. The van der Waals surface area contributed by atoms with Crippen molar-refractivity contribution in [3.8, 4) is 0 Å². The number of alkyl halides is 3. The lowest BCUT2D eigenvalue weighted by Crippen LogP contribution is -2.40. The third kappa shape index (κ3) is 6.26. The number of fused-ring (bicyclic) bond motifs is 1. The smallest absolute Gasteiger partial charge is 0.475 e. The number of aromatic nitrogens is 2. The highest BCUT2D eigenvalue weighted by Gasteiger charge is 2.38. The fourth-order valence-corrected chi connectivity index (χ4v) is 2.46. The lowest BCUT2D eigenvalue weighted by molar-refractivity contribution is -0.192. The molecule has 0 radical (unpaired) electrons. The summed E-state index contributed by atoms with van der Waals surface area (Å²) in [5, 5.41) is 7.12. The van der Waals surface area contributed by atoms with Gasteiger partial charge in [0.05, 0.1) is 5.69 Å². The number of anilines is 1. The second kappa shape index (κ2) is 9.38. The number of carbonyl (C=O) groups is 2. The summed E-state index contributed by atoms with van der Waals surface area (Å²) in [4.78, 5) is 35.4. The third-order valence-corrected chi connectivity index (χ3v) is 3.99. The maximum Gasteiger partial charge on any atom is 0.490 e. The Kier molecular flexibility index (Phi) is 7.80. The molecule has 0 aromatic carbocycles. The summed E-state index contributed by atoms with van der Waals surface area (Å²) >= 11 is 0. The Hall–Kier alpha value is -2.59. The molecule has 1 aromatic rings. The van der Waals surface area contributed by atoms with Gasteiger partial charge in [-0.25, -0.2) is 19.6 Å². The summed E-state index contributed by atoms with van der Waals surface area (Å²) in [6, 6.07) is 0.0659. The summed E-state index contributed by atoms with van der Waals surface area (Å²) < 4.78 is 31.7. The molecule has 0 saturated carbocycles. The van der Waals surface area contributed by atoms with Crippen LogP contribution in [0.1, 0.15) is 18.2 Å². The van der Waals surface area contributed by atoms with E-state index in [1.807, 2.05) is 11.9 Å². The zero-order chi connectivity index (χ0) is 20.8. The third-order valence-electron chi connectivity index (χ3n) is 3.99. The van der Waals surface area contributed by atoms with Gasteiger partial charge in [0.2, 0.25) is 0 Å². The number of urea groups is 1. The van der Waals surface area contributed by atoms with Gasteiger partial charge in [-0.15, -0.1) is 0 Å². The Labute approximate surface area is 155 Å². The number of hydrogen-bond acceptors (Lipinski definition) is 5. The molecule has 8 nitrogen and oxygen atoms in total. The Balaban J connectivity index is 0.000000445. The molecule has 0 bridgehead atoms. The molecule has 2 rings (SSSR count). The summed E-state index contributed by atoms with van der Waals surface area (Å²) in [7, 11) is 5.61. The van der Waals surface area contributed by atoms with E-state index in [4.69, 9.17) is 9.90 Å². The van der Waals surface area contributed by atoms with Crippen LogP contribution in [0.25, 0.3) is 0 Å². The van der Waals surface area contributed by atoms with Crippen LogP contribution in [0.5, 0.6) is 0 Å². The fraction of sp³-hybridized carbons (Fsp3) is 0.625. The highest BCUT2D eigenvalue weighted by molar-refractivity contribution is 5.74. The average molecular weight is 391 g/mol. The Morgan fingerprint density at radius 2 is 1.74 bits per heavy atom. The van der Waals surface area contributed by atoms with Gasteiger partial charge in [0.15, 0.2) is 0 Å². The van der Waals surface area contributed by atoms with Crippen molar-refractivity contribution >= 4 is 17.8 Å². The molecule has 0 spiro atoms. The van der Waals surface area contributed by atoms with Crippen molar-refractivity contribution in [2.24, 2.45) is 0 Å². The highest BCUT2D eigenvalue weighted by atomic mass is 19.4. The molecule has 1 aromatic heterocycles. The first kappa shape index (κ1) is 22.5. The number of carboxylic acid groups (broad SMARTS) is 1. The van der Waals surface area contributed by atoms with E-state index in [0.717, 1.165) is 44.0 Å². The number of hydrogen-bond donors (Lipinski definition) is 1. The van der Waals surface area contributed by atoms with Crippen LogP contribution in [0.2, 0.25) is 0 Å². The van der Waals surface area contributed by atoms with Gasteiger partial charge in [0.25, 0.3) is 0 Å². The first-order chi connectivity index (χ1) is 12.5. The molecule has 152 valence electrons. The average Bonchev–Trinajstić information content (AvgIpc) is 2.82. The zero-order valence-electron chi connectivity index (χ0n) is 15.7. The Bertz CT molecular complexity index is 667. The lowest BCUT2D eigenvalue weighted by atomic mass is 10.1. The van der Waals surface area contributed by atoms with Gasteiger partial charge in [0, 0.05) is 52.8 Å². The second-order valence-corrected chi connectivity index (χ2v) is 6.10. The van der Waals surface area contributed by atoms with Gasteiger partial charge < -0.3 is 19.8 Å². The minimum Gasteiger partial charge on any atom is -0.475 e. The van der Waals surface area contributed by atoms with E-state index in [1.54, 1.807) is 25.3 Å². The van der Waals surface area contributed by atoms with Crippen LogP contribution in [-0.4, -0.2) is 83.8 Å². The van der Waals surface area contributed by atoms with Crippen LogP contribution in [0.15, 0.2) is 6.33 Å². The van der Waals surface area contributed by atoms with E-state index >= 15 is 0 Å². The van der Waals surface area contributed by atoms with Crippen LogP contribution >= 0.6 is 0 Å². The topological polar surface area (TPSA) is 89.9 Å². The molecule has 27 heavy (non-hydrogen) atoms. The molecule has 2 heterocycles. The predicted octanol–water partition coefficient (Wildman–Crippen LogP) is 1.65. The molecule has 2 amide bonds. The molecule has 0 saturated heterocycles. The van der Waals surface area contributed by atoms with Gasteiger partial charge in [0.1, 0.15) is 12.1 Å². The molecular formula is C16H24F3N5O3. The summed E-state index contributed by atoms with van der Waals surface area (Å²) in [5.74, 6) is -1.76. The van der Waals surface area contributed by atoms with E-state index in [2.05, 4.69) is 21.8 Å². The molecular weight excluding hydrogens is 367 g/mol. The minimum atomic E-state index is -5.08. The normalized spacial score (nSPS) is 13.7. The van der Waals surface area contributed by atoms with Crippen molar-refractivity contribution in [1.82, 2.24) is 19.8 Å². The number of aliphatic carboxylic acids is 1. The second-order valence-electron chi connectivity index (χ2n) is 6.10. The number of nitrogens with zero attached hydrogens (tertiary/aromatic N) is 5. The molecule has 0 unspecified atom stereocenters. The lowest BCUT2D eigenvalue weighted by Gasteiger charge is -2.24. The van der Waals surface area contributed by atoms with E-state index in [9.17, 15) is 18.0 Å². The maximum atomic E-state index is 12.1. The van der Waals surface area contributed by atoms with Crippen molar-refractivity contribution in [3.05, 3.63) is 17.6 Å². The predicted molar refractivity (Wildman–Crippen MR) is 92.7 cm³/mol. The van der Waals surface area contributed by atoms with Crippen molar-refractivity contribution in [3.63, 3.8) is 0 Å². The van der Waals surface area contributed by atoms with E-state index in [-0.39, 0.29) is 6.03 Å². The van der Waals surface area contributed by atoms with Crippen molar-refractivity contribution in [1.29, 1.82) is 0 Å². The zero-order valence-corrected chi connectivity index (χ0v) is 15.7. The Morgan fingerprint density at radius 3 is 2.22 bits per heavy atom. The molecule has 0 aliphatic carbocycles. The molecule has 11 heteroatoms. The summed E-state index contributed by atoms with van der Waals surface area (Å²) in [6.07, 6.45) is -1.85. The standard InChI is InChI=1S/C14H23N5O.C2HF3O2/c1-5-18(4)13-11-6-8-19(14(20)17(2)3)9-7-12(11)15-10-16-13;3-2(4,5)1(6)7/h10H,5-9H2,1-4H3;(H,6,7). The van der Waals surface area contributed by atoms with Gasteiger partial charge >= 0.3 is 18.2 Å². The monoisotopic (exact) mass is 391 g/mol.